The first kappa shape index (κ1) is 52.6. The van der Waals surface area contributed by atoms with Crippen LogP contribution >= 0.6 is 0 Å². The second-order valence-corrected chi connectivity index (χ2v) is 26.4. The van der Waals surface area contributed by atoms with Gasteiger partial charge in [-0.05, 0) is 132 Å². The molecule has 388 valence electrons. The zero-order valence-corrected chi connectivity index (χ0v) is 44.8. The molecular formula is C54H88N5O8S2+. The van der Waals surface area contributed by atoms with Gasteiger partial charge in [0.1, 0.15) is 0 Å². The molecule has 15 heteroatoms. The Morgan fingerprint density at radius 2 is 1.19 bits per heavy atom. The van der Waals surface area contributed by atoms with Gasteiger partial charge in [-0.3, -0.25) is 9.45 Å². The molecule has 0 bridgehead atoms. The zero-order valence-electron chi connectivity index (χ0n) is 43.1. The first-order chi connectivity index (χ1) is 32.9. The van der Waals surface area contributed by atoms with E-state index in [0.29, 0.717) is 81.3 Å². The van der Waals surface area contributed by atoms with Crippen LogP contribution in [0.15, 0.2) is 46.8 Å². The molecule has 3 heterocycles. The first-order valence-corrected chi connectivity index (χ1v) is 30.6. The summed E-state index contributed by atoms with van der Waals surface area (Å²) in [6.45, 7) is 18.6. The number of nitrogens with zero attached hydrogens (tertiary/aromatic N) is 4. The molecule has 8 unspecified atom stereocenters. The molecule has 69 heavy (non-hydrogen) atoms. The van der Waals surface area contributed by atoms with Crippen LogP contribution in [0.25, 0.3) is 0 Å². The molecule has 5 saturated carbocycles. The van der Waals surface area contributed by atoms with E-state index in [0.717, 1.165) is 57.3 Å². The maximum atomic E-state index is 12.9. The van der Waals surface area contributed by atoms with Crippen molar-refractivity contribution in [1.82, 2.24) is 20.2 Å². The van der Waals surface area contributed by atoms with Crippen LogP contribution in [0.1, 0.15) is 157 Å². The Balaban J connectivity index is 1.14. The minimum atomic E-state index is -4.01. The number of hydrogen-bond donors (Lipinski definition) is 2. The van der Waals surface area contributed by atoms with Crippen LogP contribution in [0.3, 0.4) is 0 Å². The van der Waals surface area contributed by atoms with Crippen LogP contribution in [-0.4, -0.2) is 128 Å². The maximum absolute atomic E-state index is 12.9. The lowest BCUT2D eigenvalue weighted by atomic mass is 9.58. The van der Waals surface area contributed by atoms with Crippen molar-refractivity contribution in [3.05, 3.63) is 46.8 Å². The van der Waals surface area contributed by atoms with E-state index in [9.17, 15) is 26.2 Å². The highest BCUT2D eigenvalue weighted by molar-refractivity contribution is 7.86. The average molecular weight is 999 g/mol. The predicted molar refractivity (Wildman–Crippen MR) is 273 cm³/mol. The normalized spacial score (nSPS) is 33.6. The van der Waals surface area contributed by atoms with E-state index < -0.39 is 20.2 Å². The fourth-order valence-electron chi connectivity index (χ4n) is 15.6. The average Bonchev–Trinajstić information content (AvgIpc) is 3.90. The third-order valence-electron chi connectivity index (χ3n) is 18.5. The van der Waals surface area contributed by atoms with Gasteiger partial charge in [0.15, 0.2) is 13.1 Å². The van der Waals surface area contributed by atoms with E-state index in [1.54, 1.807) is 0 Å². The number of carbonyl (C=O) groups excluding carboxylic acids is 1. The number of piperazine rings is 1. The molecule has 0 spiro atoms. The first-order valence-electron chi connectivity index (χ1n) is 27.4. The van der Waals surface area contributed by atoms with Gasteiger partial charge in [-0.25, -0.2) is 9.37 Å². The number of nitrogens with one attached hydrogen (secondary N) is 1. The number of carbonyl (C=O) groups is 1. The summed E-state index contributed by atoms with van der Waals surface area (Å²) in [4.78, 5) is 20.1. The number of hydrogen-bond acceptors (Lipinski definition) is 10. The maximum Gasteiger partial charge on any atom is 0.410 e. The molecule has 0 radical (unpaired) electrons. The monoisotopic (exact) mass is 999 g/mol. The Morgan fingerprint density at radius 3 is 1.67 bits per heavy atom. The number of likely N-dealkylation sites (tertiary alicyclic amines) is 2. The number of hydroxylamine groups is 1. The smallest absolute Gasteiger partial charge is 0.410 e. The third-order valence-corrected chi connectivity index (χ3v) is 20.4. The van der Waals surface area contributed by atoms with Crippen molar-refractivity contribution in [2.24, 2.45) is 46.3 Å². The van der Waals surface area contributed by atoms with E-state index >= 15 is 0 Å². The fourth-order valence-corrected chi connectivity index (χ4v) is 17.2. The van der Waals surface area contributed by atoms with Crippen molar-refractivity contribution in [3.63, 3.8) is 0 Å². The van der Waals surface area contributed by atoms with Gasteiger partial charge in [0.25, 0.3) is 20.2 Å². The lowest BCUT2D eigenvalue weighted by Gasteiger charge is -2.47. The lowest BCUT2D eigenvalue weighted by Crippen LogP contribution is -2.47. The predicted octanol–water partition coefficient (Wildman–Crippen LogP) is 9.50. The van der Waals surface area contributed by atoms with Crippen LogP contribution in [0.5, 0.6) is 0 Å². The van der Waals surface area contributed by atoms with Crippen LogP contribution in [0, 0.1) is 46.3 Å². The molecule has 8 aliphatic rings. The quantitative estimate of drug-likeness (QED) is 0.0660. The number of unbranched alkanes of at least 4 members (excludes halogenated alkanes) is 2. The highest BCUT2D eigenvalue weighted by atomic mass is 32.2. The molecular weight excluding hydrogens is 911 g/mol. The molecule has 8 fully saturated rings. The van der Waals surface area contributed by atoms with Gasteiger partial charge in [-0.15, -0.1) is 0 Å². The largest absolute Gasteiger partial charge is 0.450 e. The van der Waals surface area contributed by atoms with E-state index in [1.807, 2.05) is 18.7 Å². The number of amides is 1. The number of allylic oxidation sites excluding steroid dienone is 8. The lowest BCUT2D eigenvalue weighted by molar-refractivity contribution is -0.537. The van der Waals surface area contributed by atoms with Crippen LogP contribution < -0.4 is 5.48 Å². The second-order valence-electron chi connectivity index (χ2n) is 23.1. The molecule has 13 nitrogen and oxygen atoms in total. The van der Waals surface area contributed by atoms with Crippen molar-refractivity contribution in [1.29, 1.82) is 0 Å². The van der Waals surface area contributed by atoms with Crippen LogP contribution in [0.4, 0.5) is 4.79 Å². The minimum absolute atomic E-state index is 0.00244. The van der Waals surface area contributed by atoms with Crippen molar-refractivity contribution < 1.29 is 39.8 Å². The Kier molecular flexibility index (Phi) is 16.9. The summed E-state index contributed by atoms with van der Waals surface area (Å²) in [5, 5.41) is 0. The van der Waals surface area contributed by atoms with Crippen LogP contribution in [-0.2, 0) is 29.3 Å². The molecule has 0 aromatic carbocycles. The van der Waals surface area contributed by atoms with Crippen LogP contribution in [0.2, 0.25) is 0 Å². The number of ether oxygens (including phenoxy) is 1. The highest BCUT2D eigenvalue weighted by Gasteiger charge is 2.58. The van der Waals surface area contributed by atoms with E-state index in [4.69, 9.17) is 9.02 Å². The molecule has 5 aliphatic carbocycles. The SMILES string of the molecule is CCNOS(=O)(=O)CCCCN1/C(=C/C=C2\CC/C(=C\C=C3\N(CCCCS(=O)(=O)O)C4CCC5CCCCC5C4C3(C)C)C2=[N+]2CCN(C(=O)OCC)CC2)C(C)(C)C2C3CCCCC3CCC21. The Bertz CT molecular complexity index is 2220. The molecule has 2 N–H and O–H groups in total. The molecule has 3 saturated heterocycles. The van der Waals surface area contributed by atoms with Gasteiger partial charge < -0.3 is 14.5 Å². The number of fused-ring (bicyclic) bond motifs is 6. The molecule has 3 aliphatic heterocycles. The van der Waals surface area contributed by atoms with Crippen molar-refractivity contribution >= 4 is 32.0 Å². The van der Waals surface area contributed by atoms with Gasteiger partial charge in [0.2, 0.25) is 5.71 Å². The Labute approximate surface area is 416 Å². The summed E-state index contributed by atoms with van der Waals surface area (Å²) in [7, 11) is -7.65. The zero-order chi connectivity index (χ0) is 49.1. The molecule has 8 rings (SSSR count). The molecule has 1 amide bonds. The number of rotatable bonds is 16. The highest BCUT2D eigenvalue weighted by Crippen LogP contribution is 2.61. The Hall–Kier alpha value is -2.72. The summed E-state index contributed by atoms with van der Waals surface area (Å²) in [6, 6.07) is 0.878. The molecule has 8 atom stereocenters. The van der Waals surface area contributed by atoms with Gasteiger partial charge in [0.05, 0.1) is 31.2 Å². The molecule has 0 aromatic rings. The summed E-state index contributed by atoms with van der Waals surface area (Å²) in [5.74, 6) is 3.91. The van der Waals surface area contributed by atoms with Crippen molar-refractivity contribution in [2.45, 2.75) is 169 Å². The van der Waals surface area contributed by atoms with Crippen molar-refractivity contribution in [2.75, 3.05) is 63.9 Å². The van der Waals surface area contributed by atoms with E-state index in [2.05, 4.69) is 71.9 Å². The van der Waals surface area contributed by atoms with Gasteiger partial charge in [0, 0.05) is 65.1 Å². The second kappa shape index (κ2) is 22.2. The standard InChI is InChI=1S/C54H87N5O8S2/c1-7-55-67-69(64,65)38-16-14-32-59-46-28-24-40-18-10-12-20-44(40)50(46)54(5,6)48(59)30-26-42-22-21-41(51(42)56-33-35-57(36-34-56)52(60)66-8-2)25-29-47-53(3,4)49-43-19-11-9-17-39(43)23-27-45(49)58(47)31-13-15-37-68(61,62)63/h25-26,29-30,39-40,43-46,49-50,55H,7-24,27-28,31-38H2,1-6H3/p+1. The summed E-state index contributed by atoms with van der Waals surface area (Å²) >= 11 is 0. The van der Waals surface area contributed by atoms with Gasteiger partial charge in [-0.2, -0.15) is 26.6 Å². The third kappa shape index (κ3) is 11.6. The van der Waals surface area contributed by atoms with Gasteiger partial charge in [-0.1, -0.05) is 85.3 Å². The van der Waals surface area contributed by atoms with E-state index in [1.165, 1.54) is 105 Å². The van der Waals surface area contributed by atoms with Gasteiger partial charge >= 0.3 is 6.09 Å². The topological polar surface area (TPSA) is 149 Å². The summed E-state index contributed by atoms with van der Waals surface area (Å²) < 4.78 is 71.3. The van der Waals surface area contributed by atoms with E-state index in [-0.39, 0.29) is 28.4 Å². The Morgan fingerprint density at radius 1 is 0.696 bits per heavy atom. The van der Waals surface area contributed by atoms with Crippen molar-refractivity contribution in [3.8, 4) is 0 Å². The summed E-state index contributed by atoms with van der Waals surface area (Å²) in [5.41, 5.74) is 9.12. The fraction of sp³-hybridized carbons (Fsp3) is 0.815. The molecule has 0 aromatic heterocycles. The summed E-state index contributed by atoms with van der Waals surface area (Å²) in [6.07, 6.45) is 29.3. The minimum Gasteiger partial charge on any atom is -0.450 e.